The molecule has 1 atom stereocenters. The number of hydrogen-bond acceptors (Lipinski definition) is 2. The highest BCUT2D eigenvalue weighted by Gasteiger charge is 2.16. The molecule has 0 heterocycles. The lowest BCUT2D eigenvalue weighted by molar-refractivity contribution is -0.129. The first kappa shape index (κ1) is 12.6. The van der Waals surface area contributed by atoms with Gasteiger partial charge in [0, 0.05) is 14.7 Å². The molecule has 0 bridgehead atoms. The highest BCUT2D eigenvalue weighted by Crippen LogP contribution is 2.09. The average molecular weight is 203 g/mol. The van der Waals surface area contributed by atoms with Crippen molar-refractivity contribution in [3.8, 4) is 0 Å². The van der Waals surface area contributed by atoms with Crippen molar-refractivity contribution in [1.29, 1.82) is 0 Å². The van der Waals surface area contributed by atoms with Gasteiger partial charge in [-0.05, 0) is 12.5 Å². The van der Waals surface area contributed by atoms with Crippen LogP contribution in [0.2, 0.25) is 25.7 Å². The number of ether oxygens (including phenoxy) is 1. The van der Waals surface area contributed by atoms with Gasteiger partial charge in [-0.3, -0.25) is 4.79 Å². The van der Waals surface area contributed by atoms with Crippen LogP contribution in [0.5, 0.6) is 0 Å². The Morgan fingerprint density at radius 1 is 1.46 bits per heavy atom. The third kappa shape index (κ3) is 6.78. The summed E-state index contributed by atoms with van der Waals surface area (Å²) in [5.74, 6) is -0.349. The minimum Gasteiger partial charge on any atom is -0.369 e. The monoisotopic (exact) mass is 203 g/mol. The van der Waals surface area contributed by atoms with Crippen LogP contribution < -0.4 is 5.73 Å². The Hall–Kier alpha value is -0.353. The fourth-order valence-electron chi connectivity index (χ4n) is 0.909. The van der Waals surface area contributed by atoms with Crippen LogP contribution in [0, 0.1) is 0 Å². The molecule has 0 spiro atoms. The Labute approximate surface area is 81.7 Å². The second-order valence-electron chi connectivity index (χ2n) is 4.48. The molecule has 13 heavy (non-hydrogen) atoms. The third-order valence-corrected chi connectivity index (χ3v) is 3.56. The van der Waals surface area contributed by atoms with E-state index in [1.807, 2.05) is 6.92 Å². The molecule has 0 radical (unpaired) electrons. The first-order chi connectivity index (χ1) is 5.87. The largest absolute Gasteiger partial charge is 0.369 e. The molecule has 78 valence electrons. The molecule has 4 heteroatoms. The molecule has 0 saturated heterocycles. The Morgan fingerprint density at radius 3 is 2.31 bits per heavy atom. The zero-order valence-corrected chi connectivity index (χ0v) is 10.1. The van der Waals surface area contributed by atoms with Crippen LogP contribution in [0.3, 0.4) is 0 Å². The van der Waals surface area contributed by atoms with E-state index >= 15 is 0 Å². The van der Waals surface area contributed by atoms with Crippen LogP contribution in [0.25, 0.3) is 0 Å². The van der Waals surface area contributed by atoms with Gasteiger partial charge in [0.15, 0.2) is 0 Å². The smallest absolute Gasteiger partial charge is 0.246 e. The molecule has 0 rings (SSSR count). The van der Waals surface area contributed by atoms with Crippen LogP contribution in [-0.4, -0.2) is 26.7 Å². The van der Waals surface area contributed by atoms with Crippen molar-refractivity contribution in [3.05, 3.63) is 0 Å². The lowest BCUT2D eigenvalue weighted by atomic mass is 10.3. The summed E-state index contributed by atoms with van der Waals surface area (Å²) in [5.41, 5.74) is 5.14. The standard InChI is InChI=1S/C9H21NO2Si/c1-5-8(9(10)11)12-6-7-13(2,3)4/h8H,5-7H2,1-4H3,(H2,10,11). The van der Waals surface area contributed by atoms with Gasteiger partial charge in [-0.2, -0.15) is 0 Å². The van der Waals surface area contributed by atoms with E-state index in [1.54, 1.807) is 0 Å². The van der Waals surface area contributed by atoms with E-state index in [4.69, 9.17) is 10.5 Å². The van der Waals surface area contributed by atoms with Gasteiger partial charge in [0.05, 0.1) is 0 Å². The molecule has 0 aliphatic carbocycles. The lowest BCUT2D eigenvalue weighted by Gasteiger charge is -2.18. The molecule has 0 aliphatic heterocycles. The number of rotatable bonds is 6. The normalized spacial score (nSPS) is 14.2. The maximum atomic E-state index is 10.8. The van der Waals surface area contributed by atoms with Crippen molar-refractivity contribution in [3.63, 3.8) is 0 Å². The van der Waals surface area contributed by atoms with Crippen molar-refractivity contribution in [2.45, 2.75) is 45.1 Å². The molecule has 1 unspecified atom stereocenters. The van der Waals surface area contributed by atoms with E-state index < -0.39 is 14.2 Å². The number of carbonyl (C=O) groups is 1. The minimum atomic E-state index is -1.05. The Balaban J connectivity index is 3.68. The molecule has 0 aromatic heterocycles. The lowest BCUT2D eigenvalue weighted by Crippen LogP contribution is -2.32. The van der Waals surface area contributed by atoms with Crippen LogP contribution in [-0.2, 0) is 9.53 Å². The van der Waals surface area contributed by atoms with Gasteiger partial charge in [0.25, 0.3) is 0 Å². The predicted octanol–water partition coefficient (Wildman–Crippen LogP) is 1.61. The summed E-state index contributed by atoms with van der Waals surface area (Å²) in [7, 11) is -1.05. The molecule has 2 N–H and O–H groups in total. The second-order valence-corrected chi connectivity index (χ2v) is 10.1. The maximum Gasteiger partial charge on any atom is 0.246 e. The van der Waals surface area contributed by atoms with Crippen LogP contribution in [0.1, 0.15) is 13.3 Å². The molecule has 0 aromatic carbocycles. The van der Waals surface area contributed by atoms with Gasteiger partial charge in [-0.15, -0.1) is 0 Å². The number of nitrogens with two attached hydrogens (primary N) is 1. The van der Waals surface area contributed by atoms with Gasteiger partial charge < -0.3 is 10.5 Å². The molecular weight excluding hydrogens is 182 g/mol. The third-order valence-electron chi connectivity index (χ3n) is 1.86. The number of amides is 1. The fourth-order valence-corrected chi connectivity index (χ4v) is 1.64. The van der Waals surface area contributed by atoms with Crippen LogP contribution in [0.15, 0.2) is 0 Å². The molecule has 1 amide bonds. The van der Waals surface area contributed by atoms with Crippen molar-refractivity contribution in [2.75, 3.05) is 6.61 Å². The van der Waals surface area contributed by atoms with E-state index in [-0.39, 0.29) is 5.91 Å². The summed E-state index contributed by atoms with van der Waals surface area (Å²) in [4.78, 5) is 10.8. The summed E-state index contributed by atoms with van der Waals surface area (Å²) in [6.45, 7) is 9.41. The minimum absolute atomic E-state index is 0.349. The van der Waals surface area contributed by atoms with Gasteiger partial charge in [0.1, 0.15) is 6.10 Å². The van der Waals surface area contributed by atoms with Crippen LogP contribution >= 0.6 is 0 Å². The van der Waals surface area contributed by atoms with Gasteiger partial charge in [-0.1, -0.05) is 26.6 Å². The molecular formula is C9H21NO2Si. The quantitative estimate of drug-likeness (QED) is 0.667. The van der Waals surface area contributed by atoms with Crippen molar-refractivity contribution >= 4 is 14.0 Å². The summed E-state index contributed by atoms with van der Waals surface area (Å²) in [6.07, 6.45) is 0.275. The van der Waals surface area contributed by atoms with Gasteiger partial charge in [0.2, 0.25) is 5.91 Å². The summed E-state index contributed by atoms with van der Waals surface area (Å²) >= 11 is 0. The highest BCUT2D eigenvalue weighted by atomic mass is 28.3. The Morgan fingerprint density at radius 2 is 2.00 bits per heavy atom. The zero-order chi connectivity index (χ0) is 10.5. The molecule has 0 aliphatic rings. The second kappa shape index (κ2) is 5.39. The molecule has 3 nitrogen and oxygen atoms in total. The first-order valence-corrected chi connectivity index (χ1v) is 8.48. The summed E-state index contributed by atoms with van der Waals surface area (Å²) in [5, 5.41) is 0. The average Bonchev–Trinajstić information content (AvgIpc) is 1.95. The van der Waals surface area contributed by atoms with Gasteiger partial charge in [-0.25, -0.2) is 0 Å². The summed E-state index contributed by atoms with van der Waals surface area (Å²) in [6, 6.07) is 1.08. The molecule has 0 fully saturated rings. The van der Waals surface area contributed by atoms with E-state index in [0.29, 0.717) is 13.0 Å². The Bertz CT molecular complexity index is 165. The van der Waals surface area contributed by atoms with Gasteiger partial charge >= 0.3 is 0 Å². The maximum absolute atomic E-state index is 10.8. The van der Waals surface area contributed by atoms with E-state index in [2.05, 4.69) is 19.6 Å². The predicted molar refractivity (Wildman–Crippen MR) is 57.4 cm³/mol. The van der Waals surface area contributed by atoms with Crippen molar-refractivity contribution in [1.82, 2.24) is 0 Å². The zero-order valence-electron chi connectivity index (χ0n) is 9.09. The molecule has 0 saturated carbocycles. The van der Waals surface area contributed by atoms with Crippen molar-refractivity contribution < 1.29 is 9.53 Å². The van der Waals surface area contributed by atoms with E-state index in [1.165, 1.54) is 0 Å². The van der Waals surface area contributed by atoms with E-state index in [0.717, 1.165) is 6.04 Å². The number of hydrogen-bond donors (Lipinski definition) is 1. The SMILES string of the molecule is CCC(OCC[Si](C)(C)C)C(N)=O. The van der Waals surface area contributed by atoms with E-state index in [9.17, 15) is 4.79 Å². The fraction of sp³-hybridized carbons (Fsp3) is 0.889. The molecule has 0 aromatic rings. The first-order valence-electron chi connectivity index (χ1n) is 4.77. The highest BCUT2D eigenvalue weighted by molar-refractivity contribution is 6.76. The number of carbonyl (C=O) groups excluding carboxylic acids is 1. The van der Waals surface area contributed by atoms with Crippen LogP contribution in [0.4, 0.5) is 0 Å². The number of primary amides is 1. The Kier molecular flexibility index (Phi) is 5.25. The topological polar surface area (TPSA) is 52.3 Å². The summed E-state index contributed by atoms with van der Waals surface area (Å²) < 4.78 is 5.39. The van der Waals surface area contributed by atoms with Crippen molar-refractivity contribution in [2.24, 2.45) is 5.73 Å².